The van der Waals surface area contributed by atoms with Crippen LogP contribution in [0.25, 0.3) is 0 Å². The summed E-state index contributed by atoms with van der Waals surface area (Å²) < 4.78 is 0. The zero-order chi connectivity index (χ0) is 11.5. The van der Waals surface area contributed by atoms with Gasteiger partial charge in [0.1, 0.15) is 5.82 Å². The lowest BCUT2D eigenvalue weighted by Crippen LogP contribution is -2.35. The van der Waals surface area contributed by atoms with E-state index in [1.807, 2.05) is 19.1 Å². The Morgan fingerprint density at radius 2 is 2.22 bits per heavy atom. The number of halogens is 2. The lowest BCUT2D eigenvalue weighted by Gasteiger charge is -2.10. The van der Waals surface area contributed by atoms with Crippen molar-refractivity contribution in [2.75, 3.05) is 11.9 Å². The second-order valence-electron chi connectivity index (χ2n) is 4.00. The average molecular weight is 294 g/mol. The van der Waals surface area contributed by atoms with Crippen LogP contribution in [0.3, 0.4) is 0 Å². The molecular formula is C11H17Cl2N3O2. The molecule has 7 heteroatoms. The van der Waals surface area contributed by atoms with Crippen molar-refractivity contribution in [2.24, 2.45) is 0 Å². The highest BCUT2D eigenvalue weighted by atomic mass is 35.5. The fraction of sp³-hybridized carbons (Fsp3) is 0.455. The van der Waals surface area contributed by atoms with E-state index in [1.54, 1.807) is 6.07 Å². The molecule has 0 radical (unpaired) electrons. The predicted octanol–water partition coefficient (Wildman–Crippen LogP) is 0.895. The van der Waals surface area contributed by atoms with Crippen LogP contribution in [0, 0.1) is 6.92 Å². The largest absolute Gasteiger partial charge is 0.392 e. The SMILES string of the molecule is Cc1cccc(NC(=O)C2CC(O)CN2)n1.Cl.Cl. The summed E-state index contributed by atoms with van der Waals surface area (Å²) in [6.45, 7) is 2.34. The van der Waals surface area contributed by atoms with Gasteiger partial charge in [-0.25, -0.2) is 4.98 Å². The van der Waals surface area contributed by atoms with Gasteiger partial charge in [0.15, 0.2) is 0 Å². The molecule has 18 heavy (non-hydrogen) atoms. The standard InChI is InChI=1S/C11H15N3O2.2ClH/c1-7-3-2-4-10(13-7)14-11(16)9-5-8(15)6-12-9;;/h2-4,8-9,12,15H,5-6H2,1H3,(H,13,14,16);2*1H. The van der Waals surface area contributed by atoms with Gasteiger partial charge < -0.3 is 15.7 Å². The molecule has 2 atom stereocenters. The zero-order valence-corrected chi connectivity index (χ0v) is 11.6. The molecule has 102 valence electrons. The highest BCUT2D eigenvalue weighted by Crippen LogP contribution is 2.10. The maximum absolute atomic E-state index is 11.7. The summed E-state index contributed by atoms with van der Waals surface area (Å²) in [5.74, 6) is 0.405. The fourth-order valence-electron chi connectivity index (χ4n) is 1.74. The van der Waals surface area contributed by atoms with E-state index in [0.717, 1.165) is 5.69 Å². The summed E-state index contributed by atoms with van der Waals surface area (Å²) in [6, 6.07) is 5.13. The minimum atomic E-state index is -0.429. The van der Waals surface area contributed by atoms with Gasteiger partial charge in [-0.15, -0.1) is 24.8 Å². The van der Waals surface area contributed by atoms with Gasteiger partial charge in [0.05, 0.1) is 12.1 Å². The molecule has 2 rings (SSSR count). The van der Waals surface area contributed by atoms with Gasteiger partial charge in [-0.05, 0) is 25.5 Å². The normalized spacial score (nSPS) is 21.7. The molecular weight excluding hydrogens is 277 g/mol. The van der Waals surface area contributed by atoms with E-state index >= 15 is 0 Å². The molecule has 5 nitrogen and oxygen atoms in total. The van der Waals surface area contributed by atoms with Crippen molar-refractivity contribution < 1.29 is 9.90 Å². The highest BCUT2D eigenvalue weighted by molar-refractivity contribution is 5.94. The van der Waals surface area contributed by atoms with Gasteiger partial charge in [0.2, 0.25) is 5.91 Å². The molecule has 2 heterocycles. The Kier molecular flexibility index (Phi) is 7.16. The van der Waals surface area contributed by atoms with Gasteiger partial charge in [-0.2, -0.15) is 0 Å². The minimum Gasteiger partial charge on any atom is -0.392 e. The van der Waals surface area contributed by atoms with Crippen molar-refractivity contribution in [1.82, 2.24) is 10.3 Å². The lowest BCUT2D eigenvalue weighted by atomic mass is 10.2. The molecule has 1 fully saturated rings. The molecule has 1 aromatic rings. The van der Waals surface area contributed by atoms with Crippen molar-refractivity contribution in [2.45, 2.75) is 25.5 Å². The Morgan fingerprint density at radius 3 is 2.78 bits per heavy atom. The van der Waals surface area contributed by atoms with E-state index in [-0.39, 0.29) is 36.8 Å². The van der Waals surface area contributed by atoms with Crippen molar-refractivity contribution in [3.63, 3.8) is 0 Å². The van der Waals surface area contributed by atoms with Crippen LogP contribution in [0.5, 0.6) is 0 Å². The van der Waals surface area contributed by atoms with Crippen LogP contribution < -0.4 is 10.6 Å². The number of carbonyl (C=O) groups is 1. The summed E-state index contributed by atoms with van der Waals surface area (Å²) in [6.07, 6.45) is 0.0266. The van der Waals surface area contributed by atoms with E-state index in [2.05, 4.69) is 15.6 Å². The van der Waals surface area contributed by atoms with Crippen LogP contribution in [0.4, 0.5) is 5.82 Å². The van der Waals surface area contributed by atoms with Crippen LogP contribution in [-0.2, 0) is 4.79 Å². The van der Waals surface area contributed by atoms with E-state index in [1.165, 1.54) is 0 Å². The number of aliphatic hydroxyl groups is 1. The molecule has 2 unspecified atom stereocenters. The highest BCUT2D eigenvalue weighted by Gasteiger charge is 2.28. The van der Waals surface area contributed by atoms with Crippen molar-refractivity contribution in [3.05, 3.63) is 23.9 Å². The third-order valence-electron chi connectivity index (χ3n) is 2.56. The van der Waals surface area contributed by atoms with Crippen molar-refractivity contribution >= 4 is 36.5 Å². The third kappa shape index (κ3) is 4.42. The summed E-state index contributed by atoms with van der Waals surface area (Å²) in [4.78, 5) is 15.9. The van der Waals surface area contributed by atoms with E-state index < -0.39 is 6.10 Å². The van der Waals surface area contributed by atoms with Crippen LogP contribution in [0.15, 0.2) is 18.2 Å². The number of nitrogens with zero attached hydrogens (tertiary/aromatic N) is 1. The Hall–Kier alpha value is -0.880. The number of anilines is 1. The number of aromatic nitrogens is 1. The maximum atomic E-state index is 11.7. The first kappa shape index (κ1) is 17.1. The lowest BCUT2D eigenvalue weighted by molar-refractivity contribution is -0.117. The van der Waals surface area contributed by atoms with Gasteiger partial charge in [0.25, 0.3) is 0 Å². The average Bonchev–Trinajstić information content (AvgIpc) is 2.65. The maximum Gasteiger partial charge on any atom is 0.242 e. The predicted molar refractivity (Wildman–Crippen MR) is 74.5 cm³/mol. The Balaban J connectivity index is 0.00000144. The number of carbonyl (C=O) groups excluding carboxylic acids is 1. The molecule has 1 aliphatic rings. The van der Waals surface area contributed by atoms with Crippen molar-refractivity contribution in [1.29, 1.82) is 0 Å². The Labute approximate surface area is 118 Å². The molecule has 1 amide bonds. The Bertz CT molecular complexity index is 404. The smallest absolute Gasteiger partial charge is 0.242 e. The Morgan fingerprint density at radius 1 is 1.50 bits per heavy atom. The molecule has 0 aliphatic carbocycles. The molecule has 1 saturated heterocycles. The molecule has 0 aromatic carbocycles. The summed E-state index contributed by atoms with van der Waals surface area (Å²) in [5.41, 5.74) is 0.859. The molecule has 0 spiro atoms. The fourth-order valence-corrected chi connectivity index (χ4v) is 1.74. The third-order valence-corrected chi connectivity index (χ3v) is 2.56. The number of hydrogen-bond donors (Lipinski definition) is 3. The second kappa shape index (κ2) is 7.53. The topological polar surface area (TPSA) is 74.2 Å². The van der Waals surface area contributed by atoms with E-state index in [9.17, 15) is 9.90 Å². The van der Waals surface area contributed by atoms with Crippen molar-refractivity contribution in [3.8, 4) is 0 Å². The van der Waals surface area contributed by atoms with Gasteiger partial charge in [-0.3, -0.25) is 4.79 Å². The van der Waals surface area contributed by atoms with E-state index in [4.69, 9.17) is 0 Å². The van der Waals surface area contributed by atoms with Gasteiger partial charge in [-0.1, -0.05) is 6.07 Å². The number of β-amino-alcohol motifs (C(OH)–C–C–N with tert-alkyl or cyclic N) is 1. The first-order valence-electron chi connectivity index (χ1n) is 5.31. The summed E-state index contributed by atoms with van der Waals surface area (Å²) in [5, 5.41) is 15.0. The molecule has 1 aliphatic heterocycles. The number of aryl methyl sites for hydroxylation is 1. The molecule has 0 saturated carbocycles. The van der Waals surface area contributed by atoms with Crippen LogP contribution in [0.2, 0.25) is 0 Å². The number of rotatable bonds is 2. The molecule has 3 N–H and O–H groups in total. The number of hydrogen-bond acceptors (Lipinski definition) is 4. The van der Waals surface area contributed by atoms with Gasteiger partial charge in [0, 0.05) is 12.2 Å². The number of aliphatic hydroxyl groups excluding tert-OH is 1. The number of pyridine rings is 1. The first-order valence-corrected chi connectivity index (χ1v) is 5.31. The van der Waals surface area contributed by atoms with Crippen LogP contribution >= 0.6 is 24.8 Å². The quantitative estimate of drug-likeness (QED) is 0.757. The van der Waals surface area contributed by atoms with Crippen LogP contribution in [0.1, 0.15) is 12.1 Å². The van der Waals surface area contributed by atoms with Crippen LogP contribution in [-0.4, -0.2) is 34.7 Å². The zero-order valence-electron chi connectivity index (χ0n) is 9.92. The number of nitrogens with one attached hydrogen (secondary N) is 2. The second-order valence-corrected chi connectivity index (χ2v) is 4.00. The molecule has 1 aromatic heterocycles. The molecule has 0 bridgehead atoms. The number of amides is 1. The van der Waals surface area contributed by atoms with Gasteiger partial charge >= 0.3 is 0 Å². The minimum absolute atomic E-state index is 0. The van der Waals surface area contributed by atoms with E-state index in [0.29, 0.717) is 18.8 Å². The first-order chi connectivity index (χ1) is 7.65. The summed E-state index contributed by atoms with van der Waals surface area (Å²) in [7, 11) is 0. The summed E-state index contributed by atoms with van der Waals surface area (Å²) >= 11 is 0. The monoisotopic (exact) mass is 293 g/mol.